The maximum atomic E-state index is 12.0. The minimum absolute atomic E-state index is 0. The number of nitrogens with one attached hydrogen (secondary N) is 1. The molecular weight excluding hydrogens is 330 g/mol. The molecule has 1 heterocycles. The standard InChI is InChI=1S/C17H25N3O3.ClH/c1-2-6-15(18)17(22)19-13-7-5-8-14(11-13)23-12-16(21)20-9-3-4-10-20;/h5,7-8,11,15H,2-4,6,9-10,12,18H2,1H3,(H,19,22);1H. The van der Waals surface area contributed by atoms with Crippen LogP contribution in [0.5, 0.6) is 5.75 Å². The van der Waals surface area contributed by atoms with E-state index < -0.39 is 6.04 Å². The quantitative estimate of drug-likeness (QED) is 0.785. The van der Waals surface area contributed by atoms with E-state index in [-0.39, 0.29) is 30.8 Å². The summed E-state index contributed by atoms with van der Waals surface area (Å²) in [6.07, 6.45) is 3.62. The van der Waals surface area contributed by atoms with Gasteiger partial charge in [-0.1, -0.05) is 19.4 Å². The van der Waals surface area contributed by atoms with Crippen LogP contribution in [0.25, 0.3) is 0 Å². The van der Waals surface area contributed by atoms with E-state index >= 15 is 0 Å². The summed E-state index contributed by atoms with van der Waals surface area (Å²) in [5.41, 5.74) is 6.41. The van der Waals surface area contributed by atoms with Gasteiger partial charge in [0.15, 0.2) is 6.61 Å². The number of likely N-dealkylation sites (tertiary alicyclic amines) is 1. The van der Waals surface area contributed by atoms with Gasteiger partial charge >= 0.3 is 0 Å². The zero-order valence-electron chi connectivity index (χ0n) is 14.0. The second-order valence-corrected chi connectivity index (χ2v) is 5.79. The molecule has 7 heteroatoms. The van der Waals surface area contributed by atoms with Gasteiger partial charge in [0.25, 0.3) is 5.91 Å². The molecule has 1 unspecified atom stereocenters. The van der Waals surface area contributed by atoms with Crippen molar-refractivity contribution in [3.8, 4) is 5.75 Å². The van der Waals surface area contributed by atoms with Crippen molar-refractivity contribution in [1.29, 1.82) is 0 Å². The summed E-state index contributed by atoms with van der Waals surface area (Å²) in [6, 6.07) is 6.50. The molecule has 0 aromatic heterocycles. The summed E-state index contributed by atoms with van der Waals surface area (Å²) in [5.74, 6) is 0.346. The van der Waals surface area contributed by atoms with Crippen LogP contribution in [-0.2, 0) is 9.59 Å². The van der Waals surface area contributed by atoms with E-state index in [2.05, 4.69) is 5.32 Å². The SMILES string of the molecule is CCCC(N)C(=O)Nc1cccc(OCC(=O)N2CCCC2)c1.Cl. The summed E-state index contributed by atoms with van der Waals surface area (Å²) in [5, 5.41) is 2.77. The first kappa shape index (κ1) is 20.3. The Bertz CT molecular complexity index is 548. The number of carbonyl (C=O) groups excluding carboxylic acids is 2. The van der Waals surface area contributed by atoms with Crippen LogP contribution in [0, 0.1) is 0 Å². The first-order valence-electron chi connectivity index (χ1n) is 8.17. The molecule has 3 N–H and O–H groups in total. The second-order valence-electron chi connectivity index (χ2n) is 5.79. The zero-order chi connectivity index (χ0) is 16.7. The predicted molar refractivity (Wildman–Crippen MR) is 96.5 cm³/mol. The number of carbonyl (C=O) groups is 2. The van der Waals surface area contributed by atoms with Crippen LogP contribution in [0.3, 0.4) is 0 Å². The van der Waals surface area contributed by atoms with Gasteiger partial charge in [0.05, 0.1) is 6.04 Å². The third kappa shape index (κ3) is 6.02. The second kappa shape index (κ2) is 10.2. The van der Waals surface area contributed by atoms with Gasteiger partial charge in [0.1, 0.15) is 5.75 Å². The van der Waals surface area contributed by atoms with E-state index in [0.29, 0.717) is 17.9 Å². The average molecular weight is 356 g/mol. The molecule has 1 aromatic rings. The first-order valence-corrected chi connectivity index (χ1v) is 8.17. The number of anilines is 1. The van der Waals surface area contributed by atoms with Crippen molar-refractivity contribution < 1.29 is 14.3 Å². The van der Waals surface area contributed by atoms with Gasteiger partial charge in [-0.15, -0.1) is 12.4 Å². The van der Waals surface area contributed by atoms with E-state index in [1.165, 1.54) is 0 Å². The minimum atomic E-state index is -0.513. The molecule has 6 nitrogen and oxygen atoms in total. The third-order valence-electron chi connectivity index (χ3n) is 3.86. The summed E-state index contributed by atoms with van der Waals surface area (Å²) in [4.78, 5) is 25.7. The molecular formula is C17H26ClN3O3. The molecule has 1 saturated heterocycles. The third-order valence-corrected chi connectivity index (χ3v) is 3.86. The molecule has 1 fully saturated rings. The maximum Gasteiger partial charge on any atom is 0.260 e. The highest BCUT2D eigenvalue weighted by Crippen LogP contribution is 2.18. The molecule has 1 aromatic carbocycles. The maximum absolute atomic E-state index is 12.0. The predicted octanol–water partition coefficient (Wildman–Crippen LogP) is 2.18. The molecule has 0 saturated carbocycles. The zero-order valence-corrected chi connectivity index (χ0v) is 14.8. The van der Waals surface area contributed by atoms with Crippen LogP contribution in [0.1, 0.15) is 32.6 Å². The average Bonchev–Trinajstić information content (AvgIpc) is 3.07. The molecule has 1 atom stereocenters. The Morgan fingerprint density at radius 3 is 2.71 bits per heavy atom. The normalized spacial score (nSPS) is 14.7. The van der Waals surface area contributed by atoms with Crippen LogP contribution in [0.4, 0.5) is 5.69 Å². The molecule has 2 amide bonds. The van der Waals surface area contributed by atoms with E-state index in [1.807, 2.05) is 11.8 Å². The van der Waals surface area contributed by atoms with Crippen LogP contribution in [-0.4, -0.2) is 42.5 Å². The smallest absolute Gasteiger partial charge is 0.260 e. The number of benzene rings is 1. The van der Waals surface area contributed by atoms with E-state index in [0.717, 1.165) is 32.4 Å². The van der Waals surface area contributed by atoms with Crippen molar-refractivity contribution in [3.05, 3.63) is 24.3 Å². The fraction of sp³-hybridized carbons (Fsp3) is 0.529. The van der Waals surface area contributed by atoms with Gasteiger partial charge in [-0.05, 0) is 31.4 Å². The summed E-state index contributed by atoms with van der Waals surface area (Å²) >= 11 is 0. The molecule has 0 radical (unpaired) electrons. The highest BCUT2D eigenvalue weighted by atomic mass is 35.5. The number of nitrogens with two attached hydrogens (primary N) is 1. The number of nitrogens with zero attached hydrogens (tertiary/aromatic N) is 1. The number of amides is 2. The topological polar surface area (TPSA) is 84.7 Å². The molecule has 24 heavy (non-hydrogen) atoms. The van der Waals surface area contributed by atoms with Gasteiger partial charge < -0.3 is 20.7 Å². The fourth-order valence-electron chi connectivity index (χ4n) is 2.54. The van der Waals surface area contributed by atoms with Crippen molar-refractivity contribution >= 4 is 29.9 Å². The lowest BCUT2D eigenvalue weighted by Gasteiger charge is -2.16. The highest BCUT2D eigenvalue weighted by Gasteiger charge is 2.18. The lowest BCUT2D eigenvalue weighted by Crippen LogP contribution is -2.35. The minimum Gasteiger partial charge on any atom is -0.484 e. The monoisotopic (exact) mass is 355 g/mol. The summed E-state index contributed by atoms with van der Waals surface area (Å²) < 4.78 is 5.54. The van der Waals surface area contributed by atoms with Crippen molar-refractivity contribution in [2.24, 2.45) is 5.73 Å². The Kier molecular flexibility index (Phi) is 8.57. The molecule has 0 spiro atoms. The largest absolute Gasteiger partial charge is 0.484 e. The number of ether oxygens (including phenoxy) is 1. The Balaban J connectivity index is 0.00000288. The first-order chi connectivity index (χ1) is 11.1. The molecule has 1 aliphatic rings. The van der Waals surface area contributed by atoms with Crippen LogP contribution in [0.15, 0.2) is 24.3 Å². The Labute approximate surface area is 149 Å². The molecule has 2 rings (SSSR count). The number of hydrogen-bond donors (Lipinski definition) is 2. The lowest BCUT2D eigenvalue weighted by atomic mass is 10.1. The van der Waals surface area contributed by atoms with Crippen molar-refractivity contribution in [2.75, 3.05) is 25.0 Å². The number of hydrogen-bond acceptors (Lipinski definition) is 4. The van der Waals surface area contributed by atoms with Gasteiger partial charge in [-0.3, -0.25) is 9.59 Å². The van der Waals surface area contributed by atoms with Crippen molar-refractivity contribution in [2.45, 2.75) is 38.6 Å². The van der Waals surface area contributed by atoms with E-state index in [1.54, 1.807) is 24.3 Å². The Morgan fingerprint density at radius 1 is 1.33 bits per heavy atom. The van der Waals surface area contributed by atoms with Crippen LogP contribution in [0.2, 0.25) is 0 Å². The molecule has 0 aliphatic carbocycles. The highest BCUT2D eigenvalue weighted by molar-refractivity contribution is 5.94. The molecule has 134 valence electrons. The van der Waals surface area contributed by atoms with E-state index in [4.69, 9.17) is 10.5 Å². The van der Waals surface area contributed by atoms with E-state index in [9.17, 15) is 9.59 Å². The van der Waals surface area contributed by atoms with Crippen LogP contribution < -0.4 is 15.8 Å². The fourth-order valence-corrected chi connectivity index (χ4v) is 2.54. The van der Waals surface area contributed by atoms with Gasteiger partial charge in [0, 0.05) is 24.8 Å². The molecule has 0 bridgehead atoms. The van der Waals surface area contributed by atoms with Gasteiger partial charge in [0.2, 0.25) is 5.91 Å². The van der Waals surface area contributed by atoms with Crippen LogP contribution >= 0.6 is 12.4 Å². The summed E-state index contributed by atoms with van der Waals surface area (Å²) in [6.45, 7) is 3.63. The van der Waals surface area contributed by atoms with Crippen molar-refractivity contribution in [1.82, 2.24) is 4.90 Å². The lowest BCUT2D eigenvalue weighted by molar-refractivity contribution is -0.132. The number of halogens is 1. The Morgan fingerprint density at radius 2 is 2.04 bits per heavy atom. The van der Waals surface area contributed by atoms with Crippen molar-refractivity contribution in [3.63, 3.8) is 0 Å². The molecule has 1 aliphatic heterocycles. The van der Waals surface area contributed by atoms with Gasteiger partial charge in [-0.25, -0.2) is 0 Å². The van der Waals surface area contributed by atoms with Gasteiger partial charge in [-0.2, -0.15) is 0 Å². The summed E-state index contributed by atoms with van der Waals surface area (Å²) in [7, 11) is 0. The number of rotatable bonds is 7. The Hall–Kier alpha value is -1.79.